The van der Waals surface area contributed by atoms with Crippen molar-refractivity contribution in [2.75, 3.05) is 13.7 Å². The Hall–Kier alpha value is -2.12. The number of halogens is 1. The van der Waals surface area contributed by atoms with Crippen molar-refractivity contribution in [3.8, 4) is 0 Å². The van der Waals surface area contributed by atoms with E-state index >= 15 is 0 Å². The Balaban J connectivity index is 2.40. The largest absolute Gasteiger partial charge is 0.469 e. The van der Waals surface area contributed by atoms with Crippen LogP contribution in [0.25, 0.3) is 0 Å². The minimum Gasteiger partial charge on any atom is -0.469 e. The Labute approximate surface area is 176 Å². The van der Waals surface area contributed by atoms with Crippen LogP contribution in [0, 0.1) is 0 Å². The molecule has 0 saturated carbocycles. The van der Waals surface area contributed by atoms with E-state index in [2.05, 4.69) is 4.74 Å². The Kier molecular flexibility index (Phi) is 7.66. The molecule has 1 aliphatic heterocycles. The molecule has 1 amide bonds. The lowest BCUT2D eigenvalue weighted by Crippen LogP contribution is -2.57. The first kappa shape index (κ1) is 23.2. The molecular formula is C21H28ClNO6. The van der Waals surface area contributed by atoms with E-state index in [4.69, 9.17) is 21.1 Å². The van der Waals surface area contributed by atoms with Gasteiger partial charge in [0.2, 0.25) is 0 Å². The quantitative estimate of drug-likeness (QED) is 0.650. The number of amides is 1. The fourth-order valence-corrected chi connectivity index (χ4v) is 3.34. The van der Waals surface area contributed by atoms with E-state index in [1.165, 1.54) is 12.0 Å². The number of morpholine rings is 1. The Morgan fingerprint density at radius 3 is 2.41 bits per heavy atom. The topological polar surface area (TPSA) is 82.1 Å². The van der Waals surface area contributed by atoms with Crippen molar-refractivity contribution in [3.05, 3.63) is 34.9 Å². The van der Waals surface area contributed by atoms with Gasteiger partial charge in [-0.25, -0.2) is 4.79 Å². The molecule has 1 aromatic rings. The van der Waals surface area contributed by atoms with E-state index in [-0.39, 0.29) is 13.0 Å². The molecule has 1 aliphatic rings. The summed E-state index contributed by atoms with van der Waals surface area (Å²) in [4.78, 5) is 39.3. The summed E-state index contributed by atoms with van der Waals surface area (Å²) in [5, 5.41) is 0.561. The third-order valence-electron chi connectivity index (χ3n) is 4.56. The molecule has 0 N–H and O–H groups in total. The van der Waals surface area contributed by atoms with E-state index in [9.17, 15) is 14.4 Å². The molecular weight excluding hydrogens is 398 g/mol. The van der Waals surface area contributed by atoms with Crippen molar-refractivity contribution >= 4 is 29.4 Å². The summed E-state index contributed by atoms with van der Waals surface area (Å²) in [6.07, 6.45) is -0.873. The molecule has 1 aromatic carbocycles. The van der Waals surface area contributed by atoms with Crippen LogP contribution in [0.3, 0.4) is 0 Å². The highest BCUT2D eigenvalue weighted by molar-refractivity contribution is 6.30. The van der Waals surface area contributed by atoms with Crippen molar-refractivity contribution < 1.29 is 28.6 Å². The van der Waals surface area contributed by atoms with Crippen LogP contribution in [0.2, 0.25) is 5.02 Å². The zero-order valence-corrected chi connectivity index (χ0v) is 18.2. The second kappa shape index (κ2) is 9.59. The first-order valence-corrected chi connectivity index (χ1v) is 9.94. The highest BCUT2D eigenvalue weighted by atomic mass is 35.5. The van der Waals surface area contributed by atoms with Gasteiger partial charge in [0.15, 0.2) is 0 Å². The van der Waals surface area contributed by atoms with E-state index in [0.29, 0.717) is 11.4 Å². The molecule has 0 aromatic heterocycles. The minimum atomic E-state index is -1.01. The lowest BCUT2D eigenvalue weighted by Gasteiger charge is -2.43. The second-order valence-corrected chi connectivity index (χ2v) is 8.31. The number of hydrogen-bond acceptors (Lipinski definition) is 6. The van der Waals surface area contributed by atoms with Crippen molar-refractivity contribution in [1.29, 1.82) is 0 Å². The number of carbonyl (C=O) groups excluding carboxylic acids is 3. The fourth-order valence-electron chi connectivity index (χ4n) is 3.22. The van der Waals surface area contributed by atoms with Crippen LogP contribution < -0.4 is 0 Å². The number of methoxy groups -OCH3 is 1. The average molecular weight is 426 g/mol. The molecule has 0 radical (unpaired) electrons. The normalized spacial score (nSPS) is 20.9. The summed E-state index contributed by atoms with van der Waals surface area (Å²) < 4.78 is 15.9. The zero-order chi connectivity index (χ0) is 21.8. The van der Waals surface area contributed by atoms with E-state index in [1.54, 1.807) is 45.0 Å². The minimum absolute atomic E-state index is 0.133. The van der Waals surface area contributed by atoms with Gasteiger partial charge in [-0.1, -0.05) is 30.7 Å². The Bertz CT molecular complexity index is 743. The first-order chi connectivity index (χ1) is 13.6. The summed E-state index contributed by atoms with van der Waals surface area (Å²) in [5.74, 6) is -1.50. The van der Waals surface area contributed by atoms with Crippen LogP contribution in [0.15, 0.2) is 24.3 Å². The monoisotopic (exact) mass is 425 g/mol. The molecule has 29 heavy (non-hydrogen) atoms. The summed E-state index contributed by atoms with van der Waals surface area (Å²) in [5.41, 5.74) is 0.0855. The summed E-state index contributed by atoms with van der Waals surface area (Å²) in [7, 11) is 1.25. The van der Waals surface area contributed by atoms with E-state index < -0.39 is 41.6 Å². The molecule has 7 nitrogen and oxygen atoms in total. The summed E-state index contributed by atoms with van der Waals surface area (Å²) >= 11 is 5.99. The number of benzene rings is 1. The van der Waals surface area contributed by atoms with Crippen LogP contribution in [0.4, 0.5) is 0 Å². The Morgan fingerprint density at radius 2 is 1.90 bits per heavy atom. The predicted octanol–water partition coefficient (Wildman–Crippen LogP) is 3.29. The number of rotatable bonds is 6. The number of carbonyl (C=O) groups is 3. The van der Waals surface area contributed by atoms with Gasteiger partial charge >= 0.3 is 11.9 Å². The molecule has 160 valence electrons. The molecule has 0 spiro atoms. The van der Waals surface area contributed by atoms with Gasteiger partial charge in [0.1, 0.15) is 17.7 Å². The van der Waals surface area contributed by atoms with Gasteiger partial charge in [-0.15, -0.1) is 0 Å². The molecule has 1 saturated heterocycles. The molecule has 2 rings (SSSR count). The van der Waals surface area contributed by atoms with Gasteiger partial charge in [-0.2, -0.15) is 0 Å². The lowest BCUT2D eigenvalue weighted by molar-refractivity contribution is -0.180. The summed E-state index contributed by atoms with van der Waals surface area (Å²) in [6.45, 7) is 7.26. The lowest BCUT2D eigenvalue weighted by atomic mass is 9.98. The van der Waals surface area contributed by atoms with E-state index in [1.807, 2.05) is 6.92 Å². The van der Waals surface area contributed by atoms with Crippen LogP contribution >= 0.6 is 11.6 Å². The van der Waals surface area contributed by atoms with Crippen molar-refractivity contribution in [2.45, 2.75) is 64.3 Å². The zero-order valence-electron chi connectivity index (χ0n) is 17.4. The number of esters is 2. The van der Waals surface area contributed by atoms with Gasteiger partial charge in [0.05, 0.1) is 26.2 Å². The van der Waals surface area contributed by atoms with Gasteiger partial charge in [0.25, 0.3) is 5.91 Å². The third kappa shape index (κ3) is 5.93. The maximum atomic E-state index is 13.3. The van der Waals surface area contributed by atoms with Crippen LogP contribution in [-0.4, -0.2) is 54.2 Å². The number of hydrogen-bond donors (Lipinski definition) is 0. The molecule has 0 aliphatic carbocycles. The van der Waals surface area contributed by atoms with Gasteiger partial charge in [-0.3, -0.25) is 9.59 Å². The first-order valence-electron chi connectivity index (χ1n) is 9.56. The molecule has 1 fully saturated rings. The highest BCUT2D eigenvalue weighted by Gasteiger charge is 2.44. The van der Waals surface area contributed by atoms with Gasteiger partial charge < -0.3 is 19.1 Å². The molecule has 3 atom stereocenters. The van der Waals surface area contributed by atoms with Crippen molar-refractivity contribution in [3.63, 3.8) is 0 Å². The second-order valence-electron chi connectivity index (χ2n) is 7.87. The van der Waals surface area contributed by atoms with Crippen LogP contribution in [-0.2, 0) is 28.6 Å². The number of ether oxygens (including phenoxy) is 3. The van der Waals surface area contributed by atoms with Gasteiger partial charge in [-0.05, 0) is 44.9 Å². The van der Waals surface area contributed by atoms with Crippen molar-refractivity contribution in [2.24, 2.45) is 0 Å². The third-order valence-corrected chi connectivity index (χ3v) is 4.81. The van der Waals surface area contributed by atoms with Gasteiger partial charge in [0, 0.05) is 5.02 Å². The SMILES string of the molecule is CCC(C(=O)OC(C)(C)C)N1C(=O)C(CC(=O)OC)OCC1c1ccc(Cl)cc1. The Morgan fingerprint density at radius 1 is 1.28 bits per heavy atom. The maximum Gasteiger partial charge on any atom is 0.329 e. The molecule has 3 unspecified atom stereocenters. The predicted molar refractivity (Wildman–Crippen MR) is 107 cm³/mol. The highest BCUT2D eigenvalue weighted by Crippen LogP contribution is 2.32. The van der Waals surface area contributed by atoms with Crippen LogP contribution in [0.1, 0.15) is 52.1 Å². The smallest absolute Gasteiger partial charge is 0.329 e. The maximum absolute atomic E-state index is 13.3. The molecule has 8 heteroatoms. The standard InChI is InChI=1S/C21H28ClNO6/c1-6-15(20(26)29-21(2,3)4)23-16(13-7-9-14(22)10-8-13)12-28-17(19(23)25)11-18(24)27-5/h7-10,15-17H,6,11-12H2,1-5H3. The molecule has 1 heterocycles. The van der Waals surface area contributed by atoms with Crippen LogP contribution in [0.5, 0.6) is 0 Å². The number of nitrogens with zero attached hydrogens (tertiary/aromatic N) is 1. The average Bonchev–Trinajstić information content (AvgIpc) is 2.64. The fraction of sp³-hybridized carbons (Fsp3) is 0.571. The van der Waals surface area contributed by atoms with E-state index in [0.717, 1.165) is 5.56 Å². The van der Waals surface area contributed by atoms with Crippen molar-refractivity contribution in [1.82, 2.24) is 4.90 Å². The molecule has 0 bridgehead atoms. The summed E-state index contributed by atoms with van der Waals surface area (Å²) in [6, 6.07) is 5.69.